The number of nitrogens with zero attached hydrogens (tertiary/aromatic N) is 2. The Morgan fingerprint density at radius 2 is 1.66 bits per heavy atom. The maximum absolute atomic E-state index is 13.7. The molecule has 0 aromatic heterocycles. The van der Waals surface area contributed by atoms with Gasteiger partial charge in [0, 0.05) is 43.4 Å². The van der Waals surface area contributed by atoms with Crippen LogP contribution < -0.4 is 4.74 Å². The second-order valence-corrected chi connectivity index (χ2v) is 7.14. The van der Waals surface area contributed by atoms with Crippen LogP contribution in [0.1, 0.15) is 29.3 Å². The number of amides is 2. The molecule has 1 saturated heterocycles. The average Bonchev–Trinajstić information content (AvgIpc) is 3.05. The molecule has 0 atom stereocenters. The average molecular weight is 440 g/mol. The van der Waals surface area contributed by atoms with Gasteiger partial charge in [-0.15, -0.1) is 0 Å². The van der Waals surface area contributed by atoms with E-state index < -0.39 is 6.16 Å². The van der Waals surface area contributed by atoms with E-state index in [1.165, 1.54) is 30.4 Å². The maximum atomic E-state index is 13.7. The topological polar surface area (TPSA) is 76.2 Å². The zero-order valence-electron chi connectivity index (χ0n) is 17.8. The molecule has 7 nitrogen and oxygen atoms in total. The first-order valence-electron chi connectivity index (χ1n) is 10.4. The van der Waals surface area contributed by atoms with Gasteiger partial charge in [-0.3, -0.25) is 9.59 Å². The molecule has 0 unspecified atom stereocenters. The number of hydrogen-bond donors (Lipinski definition) is 0. The summed E-state index contributed by atoms with van der Waals surface area (Å²) in [6, 6.07) is 12.5. The highest BCUT2D eigenvalue weighted by Crippen LogP contribution is 2.16. The van der Waals surface area contributed by atoms with E-state index in [0.29, 0.717) is 43.7 Å². The molecule has 0 bridgehead atoms. The highest BCUT2D eigenvalue weighted by atomic mass is 19.1. The van der Waals surface area contributed by atoms with E-state index in [1.807, 2.05) is 0 Å². The van der Waals surface area contributed by atoms with Crippen molar-refractivity contribution in [2.45, 2.75) is 13.3 Å². The fourth-order valence-corrected chi connectivity index (χ4v) is 3.31. The third-order valence-corrected chi connectivity index (χ3v) is 4.97. The van der Waals surface area contributed by atoms with Crippen LogP contribution in [0.15, 0.2) is 54.6 Å². The normalized spacial score (nSPS) is 14.2. The Labute approximate surface area is 186 Å². The van der Waals surface area contributed by atoms with Crippen LogP contribution >= 0.6 is 0 Å². The molecular formula is C24H25FN2O5. The fraction of sp³-hybridized carbons (Fsp3) is 0.292. The molecule has 1 aliphatic rings. The standard InChI is InChI=1S/C24H25FN2O5/c1-2-31-24(30)32-20-11-8-19(9-12-20)23(29)27-15-5-14-26(16-17-27)22(28)13-10-18-6-3-4-7-21(18)25/h3-4,6-13H,2,5,14-17H2,1H3/b13-10+. The lowest BCUT2D eigenvalue weighted by molar-refractivity contribution is -0.125. The Hall–Kier alpha value is -3.68. The fourth-order valence-electron chi connectivity index (χ4n) is 3.31. The minimum absolute atomic E-state index is 0.163. The molecule has 2 amide bonds. The van der Waals surface area contributed by atoms with Gasteiger partial charge < -0.3 is 19.3 Å². The molecule has 1 fully saturated rings. The van der Waals surface area contributed by atoms with Crippen molar-refractivity contribution < 1.29 is 28.2 Å². The van der Waals surface area contributed by atoms with E-state index in [9.17, 15) is 18.8 Å². The van der Waals surface area contributed by atoms with Gasteiger partial charge in [0.05, 0.1) is 6.61 Å². The highest BCUT2D eigenvalue weighted by Gasteiger charge is 2.22. The predicted octanol–water partition coefficient (Wildman–Crippen LogP) is 3.75. The third-order valence-electron chi connectivity index (χ3n) is 4.97. The summed E-state index contributed by atoms with van der Waals surface area (Å²) in [5, 5.41) is 0. The highest BCUT2D eigenvalue weighted by molar-refractivity contribution is 5.95. The Morgan fingerprint density at radius 1 is 0.969 bits per heavy atom. The molecule has 0 saturated carbocycles. The van der Waals surface area contributed by atoms with Gasteiger partial charge >= 0.3 is 6.16 Å². The Morgan fingerprint density at radius 3 is 2.38 bits per heavy atom. The number of carbonyl (C=O) groups excluding carboxylic acids is 3. The van der Waals surface area contributed by atoms with E-state index in [1.54, 1.807) is 47.1 Å². The lowest BCUT2D eigenvalue weighted by atomic mass is 10.2. The smallest absolute Gasteiger partial charge is 0.434 e. The Bertz CT molecular complexity index is 990. The van der Waals surface area contributed by atoms with E-state index >= 15 is 0 Å². The maximum Gasteiger partial charge on any atom is 0.513 e. The molecule has 2 aromatic rings. The van der Waals surface area contributed by atoms with Crippen molar-refractivity contribution >= 4 is 24.0 Å². The van der Waals surface area contributed by atoms with Crippen LogP contribution in [-0.4, -0.2) is 60.6 Å². The van der Waals surface area contributed by atoms with Crippen LogP contribution in [0, 0.1) is 5.82 Å². The number of benzene rings is 2. The Balaban J connectivity index is 1.56. The summed E-state index contributed by atoms with van der Waals surface area (Å²) in [7, 11) is 0. The monoisotopic (exact) mass is 440 g/mol. The number of rotatable bonds is 5. The van der Waals surface area contributed by atoms with E-state index in [-0.39, 0.29) is 30.0 Å². The van der Waals surface area contributed by atoms with Crippen molar-refractivity contribution in [1.82, 2.24) is 9.80 Å². The first-order chi connectivity index (χ1) is 15.5. The van der Waals surface area contributed by atoms with Crippen molar-refractivity contribution in [3.63, 3.8) is 0 Å². The molecule has 1 heterocycles. The summed E-state index contributed by atoms with van der Waals surface area (Å²) in [6.45, 7) is 3.69. The summed E-state index contributed by atoms with van der Waals surface area (Å²) in [5.41, 5.74) is 0.809. The quantitative estimate of drug-likeness (QED) is 0.402. The predicted molar refractivity (Wildman–Crippen MR) is 117 cm³/mol. The van der Waals surface area contributed by atoms with Gasteiger partial charge in [-0.1, -0.05) is 18.2 Å². The molecule has 0 radical (unpaired) electrons. The van der Waals surface area contributed by atoms with E-state index in [0.717, 1.165) is 0 Å². The van der Waals surface area contributed by atoms with Gasteiger partial charge in [0.15, 0.2) is 0 Å². The lowest BCUT2D eigenvalue weighted by Gasteiger charge is -2.21. The van der Waals surface area contributed by atoms with E-state index in [4.69, 9.17) is 9.47 Å². The van der Waals surface area contributed by atoms with Gasteiger partial charge in [0.2, 0.25) is 5.91 Å². The van der Waals surface area contributed by atoms with E-state index in [2.05, 4.69) is 0 Å². The second-order valence-electron chi connectivity index (χ2n) is 7.14. The van der Waals surface area contributed by atoms with Crippen LogP contribution in [-0.2, 0) is 9.53 Å². The molecule has 0 N–H and O–H groups in total. The van der Waals surface area contributed by atoms with Crippen LogP contribution in [0.3, 0.4) is 0 Å². The summed E-state index contributed by atoms with van der Waals surface area (Å²) >= 11 is 0. The zero-order chi connectivity index (χ0) is 22.9. The lowest BCUT2D eigenvalue weighted by Crippen LogP contribution is -2.36. The van der Waals surface area contributed by atoms with Crippen LogP contribution in [0.2, 0.25) is 0 Å². The molecule has 1 aliphatic heterocycles. The minimum Gasteiger partial charge on any atom is -0.434 e. The minimum atomic E-state index is -0.798. The first kappa shape index (κ1) is 23.0. The largest absolute Gasteiger partial charge is 0.513 e. The van der Waals surface area contributed by atoms with Gasteiger partial charge in [0.1, 0.15) is 11.6 Å². The third kappa shape index (κ3) is 6.16. The summed E-state index contributed by atoms with van der Waals surface area (Å²) in [4.78, 5) is 40.1. The van der Waals surface area contributed by atoms with Crippen molar-refractivity contribution in [3.8, 4) is 5.75 Å². The SMILES string of the molecule is CCOC(=O)Oc1ccc(C(=O)N2CCCN(C(=O)/C=C/c3ccccc3F)CC2)cc1. The van der Waals surface area contributed by atoms with Crippen LogP contribution in [0.25, 0.3) is 6.08 Å². The van der Waals surface area contributed by atoms with Crippen molar-refractivity contribution in [2.75, 3.05) is 32.8 Å². The molecule has 2 aromatic carbocycles. The van der Waals surface area contributed by atoms with Gasteiger partial charge in [-0.05, 0) is 49.8 Å². The number of halogens is 1. The molecule has 0 spiro atoms. The molecule has 32 heavy (non-hydrogen) atoms. The van der Waals surface area contributed by atoms with Gasteiger partial charge in [-0.2, -0.15) is 0 Å². The Kier molecular flexibility index (Phi) is 7.96. The summed E-state index contributed by atoms with van der Waals surface area (Å²) < 4.78 is 23.4. The molecule has 0 aliphatic carbocycles. The zero-order valence-corrected chi connectivity index (χ0v) is 17.8. The molecule has 8 heteroatoms. The van der Waals surface area contributed by atoms with Gasteiger partial charge in [-0.25, -0.2) is 9.18 Å². The first-order valence-corrected chi connectivity index (χ1v) is 10.4. The summed E-state index contributed by atoms with van der Waals surface area (Å²) in [6.07, 6.45) is 2.66. The van der Waals surface area contributed by atoms with Crippen LogP contribution in [0.5, 0.6) is 5.75 Å². The molecule has 168 valence electrons. The van der Waals surface area contributed by atoms with Crippen molar-refractivity contribution in [2.24, 2.45) is 0 Å². The van der Waals surface area contributed by atoms with Crippen molar-refractivity contribution in [3.05, 3.63) is 71.6 Å². The molecular weight excluding hydrogens is 415 g/mol. The summed E-state index contributed by atoms with van der Waals surface area (Å²) in [5.74, 6) is -0.482. The number of carbonyl (C=O) groups is 3. The number of hydrogen-bond acceptors (Lipinski definition) is 5. The van der Waals surface area contributed by atoms with Crippen molar-refractivity contribution in [1.29, 1.82) is 0 Å². The molecule has 3 rings (SSSR count). The number of ether oxygens (including phenoxy) is 2. The van der Waals surface area contributed by atoms with Crippen LogP contribution in [0.4, 0.5) is 9.18 Å². The van der Waals surface area contributed by atoms with Gasteiger partial charge in [0.25, 0.3) is 5.91 Å². The second kappa shape index (κ2) is 11.1.